The predicted octanol–water partition coefficient (Wildman–Crippen LogP) is 1.00. The lowest BCUT2D eigenvalue weighted by Crippen LogP contribution is -2.36. The van der Waals surface area contributed by atoms with Crippen LogP contribution in [-0.2, 0) is 14.8 Å². The molecule has 0 bridgehead atoms. The molecule has 0 aliphatic rings. The van der Waals surface area contributed by atoms with E-state index < -0.39 is 10.0 Å². The van der Waals surface area contributed by atoms with Gasteiger partial charge in [0.1, 0.15) is 4.90 Å². The summed E-state index contributed by atoms with van der Waals surface area (Å²) in [5.74, 6) is 0.424. The van der Waals surface area contributed by atoms with Crippen LogP contribution in [0.25, 0.3) is 0 Å². The second-order valence-electron chi connectivity index (χ2n) is 4.35. The molecule has 2 N–H and O–H groups in total. The van der Waals surface area contributed by atoms with E-state index in [0.717, 1.165) is 13.0 Å². The molecule has 1 aromatic rings. The Hall–Kier alpha value is -1.25. The van der Waals surface area contributed by atoms with E-state index in [1.54, 1.807) is 6.92 Å². The van der Waals surface area contributed by atoms with Crippen LogP contribution in [0.1, 0.15) is 27.2 Å². The van der Waals surface area contributed by atoms with Crippen molar-refractivity contribution in [3.05, 3.63) is 12.4 Å². The molecule has 1 heterocycles. The van der Waals surface area contributed by atoms with Crippen molar-refractivity contribution in [3.8, 4) is 0 Å². The molecule has 8 heteroatoms. The molecule has 0 fully saturated rings. The zero-order valence-corrected chi connectivity index (χ0v) is 12.9. The fourth-order valence-corrected chi connectivity index (χ4v) is 2.56. The first-order chi connectivity index (χ1) is 9.49. The van der Waals surface area contributed by atoms with E-state index in [4.69, 9.17) is 4.74 Å². The van der Waals surface area contributed by atoms with Gasteiger partial charge in [-0.05, 0) is 20.3 Å². The molecule has 20 heavy (non-hydrogen) atoms. The van der Waals surface area contributed by atoms with Crippen molar-refractivity contribution in [2.24, 2.45) is 0 Å². The van der Waals surface area contributed by atoms with Gasteiger partial charge in [-0.2, -0.15) is 0 Å². The van der Waals surface area contributed by atoms with Crippen LogP contribution < -0.4 is 10.0 Å². The third kappa shape index (κ3) is 5.40. The first-order valence-electron chi connectivity index (χ1n) is 6.65. The van der Waals surface area contributed by atoms with Crippen LogP contribution in [0.4, 0.5) is 5.95 Å². The summed E-state index contributed by atoms with van der Waals surface area (Å²) in [5, 5.41) is 2.98. The van der Waals surface area contributed by atoms with Crippen LogP contribution in [0, 0.1) is 0 Å². The summed E-state index contributed by atoms with van der Waals surface area (Å²) in [6.07, 6.45) is 3.53. The third-order valence-electron chi connectivity index (χ3n) is 2.40. The molecule has 114 valence electrons. The van der Waals surface area contributed by atoms with E-state index in [2.05, 4.69) is 20.0 Å². The standard InChI is InChI=1S/C12H22N4O3S/c1-4-6-13-12-14-7-11(8-15-12)20(17,18)16-10(3)9-19-5-2/h7-8,10,16H,4-6,9H2,1-3H3,(H,13,14,15). The van der Waals surface area contributed by atoms with Crippen LogP contribution in [0.15, 0.2) is 17.3 Å². The fourth-order valence-electron chi connectivity index (χ4n) is 1.44. The van der Waals surface area contributed by atoms with E-state index in [1.165, 1.54) is 12.4 Å². The van der Waals surface area contributed by atoms with Crippen LogP contribution >= 0.6 is 0 Å². The molecular formula is C12H22N4O3S. The maximum atomic E-state index is 12.1. The molecule has 0 aliphatic heterocycles. The van der Waals surface area contributed by atoms with Gasteiger partial charge in [-0.1, -0.05) is 6.92 Å². The SMILES string of the molecule is CCCNc1ncc(S(=O)(=O)NC(C)COCC)cn1. The van der Waals surface area contributed by atoms with Crippen LogP contribution in [0.2, 0.25) is 0 Å². The summed E-state index contributed by atoms with van der Waals surface area (Å²) in [6, 6.07) is -0.308. The third-order valence-corrected chi connectivity index (χ3v) is 3.94. The van der Waals surface area contributed by atoms with Gasteiger partial charge in [-0.15, -0.1) is 0 Å². The quantitative estimate of drug-likeness (QED) is 0.707. The van der Waals surface area contributed by atoms with Gasteiger partial charge in [0.05, 0.1) is 19.0 Å². The Bertz CT molecular complexity index is 490. The van der Waals surface area contributed by atoms with Crippen molar-refractivity contribution >= 4 is 16.0 Å². The highest BCUT2D eigenvalue weighted by Gasteiger charge is 2.18. The number of sulfonamides is 1. The monoisotopic (exact) mass is 302 g/mol. The Kier molecular flexibility index (Phi) is 6.83. The fraction of sp³-hybridized carbons (Fsp3) is 0.667. The molecule has 1 unspecified atom stereocenters. The molecule has 0 aliphatic carbocycles. The van der Waals surface area contributed by atoms with E-state index in [-0.39, 0.29) is 10.9 Å². The lowest BCUT2D eigenvalue weighted by molar-refractivity contribution is 0.133. The van der Waals surface area contributed by atoms with Crippen molar-refractivity contribution in [3.63, 3.8) is 0 Å². The lowest BCUT2D eigenvalue weighted by Gasteiger charge is -2.13. The number of ether oxygens (including phenoxy) is 1. The van der Waals surface area contributed by atoms with Gasteiger partial charge in [0.15, 0.2) is 0 Å². The minimum atomic E-state index is -3.61. The molecule has 1 rings (SSSR count). The summed E-state index contributed by atoms with van der Waals surface area (Å²) in [6.45, 7) is 7.24. The highest BCUT2D eigenvalue weighted by molar-refractivity contribution is 7.89. The Labute approximate surface area is 120 Å². The molecule has 0 saturated carbocycles. The number of hydrogen-bond donors (Lipinski definition) is 2. The number of nitrogens with zero attached hydrogens (tertiary/aromatic N) is 2. The molecular weight excluding hydrogens is 280 g/mol. The number of aromatic nitrogens is 2. The van der Waals surface area contributed by atoms with Gasteiger partial charge < -0.3 is 10.1 Å². The lowest BCUT2D eigenvalue weighted by atomic mass is 10.4. The van der Waals surface area contributed by atoms with Gasteiger partial charge in [0.25, 0.3) is 0 Å². The topological polar surface area (TPSA) is 93.2 Å². The highest BCUT2D eigenvalue weighted by Crippen LogP contribution is 2.08. The van der Waals surface area contributed by atoms with Crippen LogP contribution in [0.3, 0.4) is 0 Å². The number of hydrogen-bond acceptors (Lipinski definition) is 6. The average Bonchev–Trinajstić information content (AvgIpc) is 2.43. The molecule has 0 amide bonds. The van der Waals surface area contributed by atoms with Gasteiger partial charge in [-0.25, -0.2) is 23.1 Å². The average molecular weight is 302 g/mol. The van der Waals surface area contributed by atoms with Crippen molar-refractivity contribution in [2.75, 3.05) is 25.1 Å². The number of nitrogens with one attached hydrogen (secondary N) is 2. The normalized spacial score (nSPS) is 13.2. The molecule has 0 spiro atoms. The highest BCUT2D eigenvalue weighted by atomic mass is 32.2. The zero-order valence-electron chi connectivity index (χ0n) is 12.1. The first-order valence-corrected chi connectivity index (χ1v) is 8.14. The van der Waals surface area contributed by atoms with Gasteiger partial charge >= 0.3 is 0 Å². The minimum absolute atomic E-state index is 0.0443. The Morgan fingerprint density at radius 2 is 1.95 bits per heavy atom. The minimum Gasteiger partial charge on any atom is -0.380 e. The molecule has 0 saturated heterocycles. The van der Waals surface area contributed by atoms with E-state index >= 15 is 0 Å². The van der Waals surface area contributed by atoms with Gasteiger partial charge in [0, 0.05) is 19.2 Å². The van der Waals surface area contributed by atoms with Crippen molar-refractivity contribution in [2.45, 2.75) is 38.1 Å². The Morgan fingerprint density at radius 3 is 2.50 bits per heavy atom. The summed E-state index contributed by atoms with van der Waals surface area (Å²) in [7, 11) is -3.61. The largest absolute Gasteiger partial charge is 0.380 e. The first kappa shape index (κ1) is 16.8. The Balaban J connectivity index is 2.67. The summed E-state index contributed by atoms with van der Waals surface area (Å²) < 4.78 is 31.8. The maximum Gasteiger partial charge on any atom is 0.243 e. The molecule has 7 nitrogen and oxygen atoms in total. The molecule has 1 aromatic heterocycles. The second-order valence-corrected chi connectivity index (χ2v) is 6.06. The second kappa shape index (κ2) is 8.13. The molecule has 0 radical (unpaired) electrons. The van der Waals surface area contributed by atoms with Gasteiger partial charge in [0.2, 0.25) is 16.0 Å². The van der Waals surface area contributed by atoms with Crippen molar-refractivity contribution < 1.29 is 13.2 Å². The Morgan fingerprint density at radius 1 is 1.30 bits per heavy atom. The number of anilines is 1. The molecule has 1 atom stereocenters. The summed E-state index contributed by atoms with van der Waals surface area (Å²) in [5.41, 5.74) is 0. The van der Waals surface area contributed by atoms with Crippen LogP contribution in [-0.4, -0.2) is 44.2 Å². The van der Waals surface area contributed by atoms with Gasteiger partial charge in [-0.3, -0.25) is 0 Å². The summed E-state index contributed by atoms with van der Waals surface area (Å²) in [4.78, 5) is 8.00. The van der Waals surface area contributed by atoms with Crippen LogP contribution in [0.5, 0.6) is 0 Å². The summed E-state index contributed by atoms with van der Waals surface area (Å²) >= 11 is 0. The predicted molar refractivity (Wildman–Crippen MR) is 77.1 cm³/mol. The maximum absolute atomic E-state index is 12.1. The van der Waals surface area contributed by atoms with Crippen molar-refractivity contribution in [1.82, 2.24) is 14.7 Å². The smallest absolute Gasteiger partial charge is 0.243 e. The zero-order chi connectivity index (χ0) is 15.0. The molecule has 0 aromatic carbocycles. The van der Waals surface area contributed by atoms with Crippen molar-refractivity contribution in [1.29, 1.82) is 0 Å². The van der Waals surface area contributed by atoms with E-state index in [1.807, 2.05) is 13.8 Å². The van der Waals surface area contributed by atoms with E-state index in [9.17, 15) is 8.42 Å². The number of rotatable bonds is 9. The van der Waals surface area contributed by atoms with E-state index in [0.29, 0.717) is 19.2 Å².